The minimum Gasteiger partial charge on any atom is -0.473 e. The molecule has 0 aliphatic carbocycles. The molecule has 1 aliphatic rings. The molecule has 0 N–H and O–H groups in total. The number of rotatable bonds is 6. The highest BCUT2D eigenvalue weighted by atomic mass is 32.2. The van der Waals surface area contributed by atoms with Crippen molar-refractivity contribution >= 4 is 21.1 Å². The van der Waals surface area contributed by atoms with Crippen LogP contribution in [0.5, 0.6) is 5.88 Å². The fourth-order valence-electron chi connectivity index (χ4n) is 3.62. The minimum atomic E-state index is -3.47. The molecule has 29 heavy (non-hydrogen) atoms. The second kappa shape index (κ2) is 8.47. The topological polar surface area (TPSA) is 72.4 Å². The first-order valence-corrected chi connectivity index (χ1v) is 11.5. The van der Waals surface area contributed by atoms with Gasteiger partial charge in [0.05, 0.1) is 22.1 Å². The summed E-state index contributed by atoms with van der Waals surface area (Å²) in [5.41, 5.74) is 2.78. The van der Waals surface area contributed by atoms with Crippen molar-refractivity contribution in [2.75, 3.05) is 13.1 Å². The van der Waals surface area contributed by atoms with E-state index in [9.17, 15) is 8.42 Å². The van der Waals surface area contributed by atoms with Gasteiger partial charge in [0.2, 0.25) is 15.9 Å². The number of benzene rings is 2. The summed E-state index contributed by atoms with van der Waals surface area (Å²) in [5.74, 6) is 0.483. The Balaban J connectivity index is 1.39. The second-order valence-corrected chi connectivity index (χ2v) is 9.25. The molecule has 7 heteroatoms. The number of ether oxygens (including phenoxy) is 1. The molecule has 0 unspecified atom stereocenters. The van der Waals surface area contributed by atoms with Gasteiger partial charge in [-0.05, 0) is 49.1 Å². The number of hydrogen-bond acceptors (Lipinski definition) is 5. The average molecular weight is 412 g/mol. The summed E-state index contributed by atoms with van der Waals surface area (Å²) in [7, 11) is -3.47. The normalized spacial score (nSPS) is 16.2. The number of aromatic nitrogens is 2. The monoisotopic (exact) mass is 411 g/mol. The average Bonchev–Trinajstić information content (AvgIpc) is 2.75. The van der Waals surface area contributed by atoms with Gasteiger partial charge in [0.15, 0.2) is 0 Å². The molecule has 0 bridgehead atoms. The Kier molecular flexibility index (Phi) is 5.78. The summed E-state index contributed by atoms with van der Waals surface area (Å²) < 4.78 is 33.4. The van der Waals surface area contributed by atoms with Crippen LogP contribution in [0.15, 0.2) is 59.6 Å². The van der Waals surface area contributed by atoms with Crippen molar-refractivity contribution in [2.45, 2.75) is 43.6 Å². The number of para-hydroxylation sites is 2. The summed E-state index contributed by atoms with van der Waals surface area (Å²) in [6, 6.07) is 14.9. The molecule has 1 aromatic heterocycles. The Bertz CT molecular complexity index is 1080. The molecule has 0 spiro atoms. The van der Waals surface area contributed by atoms with Crippen LogP contribution in [0, 0.1) is 0 Å². The lowest BCUT2D eigenvalue weighted by molar-refractivity contribution is 0.130. The largest absolute Gasteiger partial charge is 0.473 e. The summed E-state index contributed by atoms with van der Waals surface area (Å²) >= 11 is 0. The first-order valence-electron chi connectivity index (χ1n) is 10.0. The highest BCUT2D eigenvalue weighted by Gasteiger charge is 2.30. The van der Waals surface area contributed by atoms with E-state index in [2.05, 4.69) is 16.9 Å². The van der Waals surface area contributed by atoms with Crippen molar-refractivity contribution in [3.63, 3.8) is 0 Å². The Labute approximate surface area is 171 Å². The molecule has 1 aliphatic heterocycles. The van der Waals surface area contributed by atoms with Crippen LogP contribution >= 0.6 is 0 Å². The Morgan fingerprint density at radius 3 is 2.41 bits per heavy atom. The van der Waals surface area contributed by atoms with Crippen LogP contribution in [0.1, 0.15) is 31.7 Å². The van der Waals surface area contributed by atoms with E-state index in [1.165, 1.54) is 0 Å². The summed E-state index contributed by atoms with van der Waals surface area (Å²) in [5, 5.41) is 0. The minimum absolute atomic E-state index is 0.0659. The van der Waals surface area contributed by atoms with Gasteiger partial charge in [-0.25, -0.2) is 18.4 Å². The predicted octanol–water partition coefficient (Wildman–Crippen LogP) is 3.81. The van der Waals surface area contributed by atoms with Crippen LogP contribution in [-0.2, 0) is 16.4 Å². The van der Waals surface area contributed by atoms with Gasteiger partial charge in [0.1, 0.15) is 6.10 Å². The van der Waals surface area contributed by atoms with E-state index in [1.807, 2.05) is 36.4 Å². The van der Waals surface area contributed by atoms with Gasteiger partial charge in [0.25, 0.3) is 0 Å². The van der Waals surface area contributed by atoms with Gasteiger partial charge in [-0.3, -0.25) is 0 Å². The third-order valence-electron chi connectivity index (χ3n) is 5.21. The maximum absolute atomic E-state index is 12.9. The zero-order valence-electron chi connectivity index (χ0n) is 16.5. The predicted molar refractivity (Wildman–Crippen MR) is 112 cm³/mol. The second-order valence-electron chi connectivity index (χ2n) is 7.31. The van der Waals surface area contributed by atoms with Crippen molar-refractivity contribution in [1.29, 1.82) is 0 Å². The van der Waals surface area contributed by atoms with Gasteiger partial charge in [-0.15, -0.1) is 0 Å². The summed E-state index contributed by atoms with van der Waals surface area (Å²) in [6.45, 7) is 2.98. The van der Waals surface area contributed by atoms with Crippen molar-refractivity contribution < 1.29 is 13.2 Å². The number of fused-ring (bicyclic) bond motifs is 1. The van der Waals surface area contributed by atoms with Gasteiger partial charge >= 0.3 is 0 Å². The summed E-state index contributed by atoms with van der Waals surface area (Å²) in [6.07, 6.45) is 4.82. The number of nitrogens with zero attached hydrogens (tertiary/aromatic N) is 3. The van der Waals surface area contributed by atoms with E-state index in [4.69, 9.17) is 4.74 Å². The number of sulfonamides is 1. The lowest BCUT2D eigenvalue weighted by atomic mass is 10.1. The fraction of sp³-hybridized carbons (Fsp3) is 0.364. The van der Waals surface area contributed by atoms with Crippen LogP contribution in [0.25, 0.3) is 11.0 Å². The van der Waals surface area contributed by atoms with Gasteiger partial charge in [-0.2, -0.15) is 4.31 Å². The molecular formula is C22H25N3O3S. The molecule has 0 saturated carbocycles. The van der Waals surface area contributed by atoms with Crippen molar-refractivity contribution in [3.8, 4) is 5.88 Å². The number of aryl methyl sites for hydroxylation is 1. The van der Waals surface area contributed by atoms with E-state index in [0.29, 0.717) is 36.7 Å². The first-order chi connectivity index (χ1) is 14.1. The zero-order chi connectivity index (χ0) is 20.3. The zero-order valence-corrected chi connectivity index (χ0v) is 17.3. The van der Waals surface area contributed by atoms with Gasteiger partial charge < -0.3 is 4.74 Å². The smallest absolute Gasteiger partial charge is 0.243 e. The SMILES string of the molecule is CCCc1ccc(S(=O)(=O)N2CCC(Oc3cnc4ccccc4n3)CC2)cc1. The van der Waals surface area contributed by atoms with Crippen molar-refractivity contribution in [2.24, 2.45) is 0 Å². The van der Waals surface area contributed by atoms with E-state index in [1.54, 1.807) is 22.6 Å². The molecule has 152 valence electrons. The molecule has 0 atom stereocenters. The maximum Gasteiger partial charge on any atom is 0.243 e. The number of piperidine rings is 1. The van der Waals surface area contributed by atoms with Crippen molar-refractivity contribution in [1.82, 2.24) is 14.3 Å². The Hall–Kier alpha value is -2.51. The van der Waals surface area contributed by atoms with Crippen LogP contribution < -0.4 is 4.74 Å². The first kappa shape index (κ1) is 19.8. The molecular weight excluding hydrogens is 386 g/mol. The number of hydrogen-bond donors (Lipinski definition) is 0. The van der Waals surface area contributed by atoms with E-state index < -0.39 is 10.0 Å². The molecule has 2 aromatic carbocycles. The fourth-order valence-corrected chi connectivity index (χ4v) is 5.09. The van der Waals surface area contributed by atoms with Crippen LogP contribution in [-0.4, -0.2) is 41.9 Å². The van der Waals surface area contributed by atoms with E-state index in [0.717, 1.165) is 29.4 Å². The van der Waals surface area contributed by atoms with Crippen LogP contribution in [0.2, 0.25) is 0 Å². The highest BCUT2D eigenvalue weighted by molar-refractivity contribution is 7.89. The Morgan fingerprint density at radius 1 is 1.03 bits per heavy atom. The van der Waals surface area contributed by atoms with E-state index in [-0.39, 0.29) is 6.10 Å². The molecule has 4 rings (SSSR count). The molecule has 1 saturated heterocycles. The quantitative estimate of drug-likeness (QED) is 0.617. The molecule has 0 radical (unpaired) electrons. The Morgan fingerprint density at radius 2 is 1.72 bits per heavy atom. The molecule has 0 amide bonds. The van der Waals surface area contributed by atoms with Gasteiger partial charge in [-0.1, -0.05) is 37.6 Å². The molecule has 3 aromatic rings. The van der Waals surface area contributed by atoms with Crippen molar-refractivity contribution in [3.05, 3.63) is 60.3 Å². The molecule has 1 fully saturated rings. The maximum atomic E-state index is 12.9. The molecule has 2 heterocycles. The standard InChI is InChI=1S/C22H25N3O3S/c1-2-5-17-8-10-19(11-9-17)29(26,27)25-14-12-18(13-15-25)28-22-16-23-20-6-3-4-7-21(20)24-22/h3-4,6-11,16,18H,2,5,12-15H2,1H3. The summed E-state index contributed by atoms with van der Waals surface area (Å²) in [4.78, 5) is 9.22. The van der Waals surface area contributed by atoms with Crippen LogP contribution in [0.3, 0.4) is 0 Å². The highest BCUT2D eigenvalue weighted by Crippen LogP contribution is 2.24. The lowest BCUT2D eigenvalue weighted by Crippen LogP contribution is -2.41. The van der Waals surface area contributed by atoms with Gasteiger partial charge in [0, 0.05) is 13.1 Å². The lowest BCUT2D eigenvalue weighted by Gasteiger charge is -2.31. The third-order valence-corrected chi connectivity index (χ3v) is 7.13. The van der Waals surface area contributed by atoms with Crippen LogP contribution in [0.4, 0.5) is 0 Å². The third kappa shape index (κ3) is 4.41. The molecule has 6 nitrogen and oxygen atoms in total. The van der Waals surface area contributed by atoms with E-state index >= 15 is 0 Å².